The van der Waals surface area contributed by atoms with Crippen LogP contribution in [0.25, 0.3) is 11.5 Å². The molecule has 7 heteroatoms. The highest BCUT2D eigenvalue weighted by atomic mass is 35.5. The summed E-state index contributed by atoms with van der Waals surface area (Å²) in [5, 5.41) is 8.63. The molecule has 128 valence electrons. The average molecular weight is 359 g/mol. The predicted octanol–water partition coefficient (Wildman–Crippen LogP) is 4.09. The van der Waals surface area contributed by atoms with Gasteiger partial charge in [-0.1, -0.05) is 17.7 Å². The SMILES string of the molecule is Fc1cccc(Cl)c1CN(Cc1nnc(-c2cccnc2)o1)C1CC1. The summed E-state index contributed by atoms with van der Waals surface area (Å²) in [6.45, 7) is 0.878. The molecule has 0 saturated heterocycles. The molecule has 0 spiro atoms. The van der Waals surface area contributed by atoms with E-state index in [2.05, 4.69) is 20.1 Å². The summed E-state index contributed by atoms with van der Waals surface area (Å²) in [5.74, 6) is 0.640. The van der Waals surface area contributed by atoms with Gasteiger partial charge in [-0.2, -0.15) is 0 Å². The first-order valence-electron chi connectivity index (χ1n) is 8.10. The number of halogens is 2. The van der Waals surface area contributed by atoms with Crippen molar-refractivity contribution in [3.8, 4) is 11.5 Å². The Kier molecular flexibility index (Phi) is 4.46. The molecule has 0 bridgehead atoms. The Bertz CT molecular complexity index is 846. The van der Waals surface area contributed by atoms with Crippen LogP contribution in [0.5, 0.6) is 0 Å². The average Bonchev–Trinajstić information content (AvgIpc) is 3.37. The lowest BCUT2D eigenvalue weighted by molar-refractivity contribution is 0.218. The first-order chi connectivity index (χ1) is 12.2. The van der Waals surface area contributed by atoms with E-state index in [1.807, 2.05) is 12.1 Å². The van der Waals surface area contributed by atoms with Crippen LogP contribution < -0.4 is 0 Å². The molecule has 0 amide bonds. The van der Waals surface area contributed by atoms with Gasteiger partial charge in [0.05, 0.1) is 12.1 Å². The molecule has 0 unspecified atom stereocenters. The van der Waals surface area contributed by atoms with E-state index in [9.17, 15) is 4.39 Å². The van der Waals surface area contributed by atoms with Gasteiger partial charge in [-0.25, -0.2) is 4.39 Å². The summed E-state index contributed by atoms with van der Waals surface area (Å²) in [7, 11) is 0. The Balaban J connectivity index is 1.52. The lowest BCUT2D eigenvalue weighted by Gasteiger charge is -2.21. The van der Waals surface area contributed by atoms with Crippen LogP contribution in [0.4, 0.5) is 4.39 Å². The van der Waals surface area contributed by atoms with Gasteiger partial charge in [0.2, 0.25) is 11.8 Å². The Labute approximate surface area is 149 Å². The highest BCUT2D eigenvalue weighted by molar-refractivity contribution is 6.31. The third-order valence-corrected chi connectivity index (χ3v) is 4.55. The van der Waals surface area contributed by atoms with Crippen LogP contribution in [0.1, 0.15) is 24.3 Å². The van der Waals surface area contributed by atoms with E-state index in [1.54, 1.807) is 24.5 Å². The Morgan fingerprint density at radius 2 is 2.04 bits per heavy atom. The second kappa shape index (κ2) is 6.90. The quantitative estimate of drug-likeness (QED) is 0.664. The highest BCUT2D eigenvalue weighted by Gasteiger charge is 2.31. The van der Waals surface area contributed by atoms with Gasteiger partial charge in [0, 0.05) is 35.6 Å². The zero-order valence-corrected chi connectivity index (χ0v) is 14.2. The zero-order chi connectivity index (χ0) is 17.2. The summed E-state index contributed by atoms with van der Waals surface area (Å²) in [4.78, 5) is 6.18. The van der Waals surface area contributed by atoms with E-state index < -0.39 is 0 Å². The van der Waals surface area contributed by atoms with Gasteiger partial charge in [0.25, 0.3) is 0 Å². The lowest BCUT2D eigenvalue weighted by Crippen LogP contribution is -2.26. The fourth-order valence-corrected chi connectivity index (χ4v) is 2.96. The molecule has 1 aliphatic carbocycles. The Hall–Kier alpha value is -2.31. The lowest BCUT2D eigenvalue weighted by atomic mass is 10.2. The molecule has 5 nitrogen and oxygen atoms in total. The third-order valence-electron chi connectivity index (χ3n) is 4.20. The normalized spacial score (nSPS) is 14.2. The molecule has 2 aromatic heterocycles. The summed E-state index contributed by atoms with van der Waals surface area (Å²) in [6.07, 6.45) is 5.52. The van der Waals surface area contributed by atoms with E-state index in [0.717, 1.165) is 18.4 Å². The molecule has 0 aliphatic heterocycles. The van der Waals surface area contributed by atoms with Crippen LogP contribution in [0, 0.1) is 5.82 Å². The van der Waals surface area contributed by atoms with Crippen LogP contribution >= 0.6 is 11.6 Å². The maximum atomic E-state index is 14.1. The first-order valence-corrected chi connectivity index (χ1v) is 8.48. The second-order valence-corrected chi connectivity index (χ2v) is 6.49. The van der Waals surface area contributed by atoms with E-state index in [4.69, 9.17) is 16.0 Å². The van der Waals surface area contributed by atoms with Crippen LogP contribution in [-0.2, 0) is 13.1 Å². The van der Waals surface area contributed by atoms with Crippen LogP contribution in [0.2, 0.25) is 5.02 Å². The standard InChI is InChI=1S/C18H16ClFN4O/c19-15-4-1-5-16(20)14(15)10-24(13-6-7-13)11-17-22-23-18(25-17)12-3-2-8-21-9-12/h1-5,8-9,13H,6-7,10-11H2. The number of pyridine rings is 1. The van der Waals surface area contributed by atoms with E-state index in [-0.39, 0.29) is 5.82 Å². The molecule has 25 heavy (non-hydrogen) atoms. The summed E-state index contributed by atoms with van der Waals surface area (Å²) < 4.78 is 19.8. The van der Waals surface area contributed by atoms with Crippen molar-refractivity contribution in [3.63, 3.8) is 0 Å². The first kappa shape index (κ1) is 16.2. The molecular formula is C18H16ClFN4O. The number of rotatable bonds is 6. The minimum atomic E-state index is -0.292. The van der Waals surface area contributed by atoms with Crippen LogP contribution in [-0.4, -0.2) is 26.1 Å². The molecular weight excluding hydrogens is 343 g/mol. The van der Waals surface area contributed by atoms with E-state index in [1.165, 1.54) is 6.07 Å². The zero-order valence-electron chi connectivity index (χ0n) is 13.4. The molecule has 0 radical (unpaired) electrons. The summed E-state index contributed by atoms with van der Waals surface area (Å²) in [5.41, 5.74) is 1.28. The van der Waals surface area contributed by atoms with Crippen LogP contribution in [0.3, 0.4) is 0 Å². The number of hydrogen-bond acceptors (Lipinski definition) is 5. The molecule has 0 N–H and O–H groups in total. The fraction of sp³-hybridized carbons (Fsp3) is 0.278. The van der Waals surface area contributed by atoms with Gasteiger partial charge in [-0.3, -0.25) is 9.88 Å². The van der Waals surface area contributed by atoms with Crippen molar-refractivity contribution in [3.05, 3.63) is 65.0 Å². The topological polar surface area (TPSA) is 55.1 Å². The van der Waals surface area contributed by atoms with Crippen molar-refractivity contribution in [2.75, 3.05) is 0 Å². The molecule has 2 heterocycles. The van der Waals surface area contributed by atoms with Gasteiger partial charge in [0.15, 0.2) is 0 Å². The van der Waals surface area contributed by atoms with Crippen molar-refractivity contribution < 1.29 is 8.81 Å². The molecule has 4 rings (SSSR count). The molecule has 3 aromatic rings. The molecule has 1 aromatic carbocycles. The van der Waals surface area contributed by atoms with Crippen molar-refractivity contribution >= 4 is 11.6 Å². The molecule has 1 saturated carbocycles. The molecule has 1 fully saturated rings. The Morgan fingerprint density at radius 1 is 1.16 bits per heavy atom. The van der Waals surface area contributed by atoms with E-state index >= 15 is 0 Å². The highest BCUT2D eigenvalue weighted by Crippen LogP contribution is 2.32. The molecule has 0 atom stereocenters. The third kappa shape index (κ3) is 3.70. The summed E-state index contributed by atoms with van der Waals surface area (Å²) >= 11 is 6.16. The smallest absolute Gasteiger partial charge is 0.249 e. The van der Waals surface area contributed by atoms with Crippen molar-refractivity contribution in [2.45, 2.75) is 32.0 Å². The van der Waals surface area contributed by atoms with E-state index in [0.29, 0.717) is 41.5 Å². The Morgan fingerprint density at radius 3 is 2.76 bits per heavy atom. The summed E-state index contributed by atoms with van der Waals surface area (Å²) in [6, 6.07) is 8.82. The molecule has 1 aliphatic rings. The van der Waals surface area contributed by atoms with Crippen molar-refractivity contribution in [2.24, 2.45) is 0 Å². The van der Waals surface area contributed by atoms with Gasteiger partial charge < -0.3 is 4.42 Å². The maximum Gasteiger partial charge on any atom is 0.249 e. The van der Waals surface area contributed by atoms with Crippen LogP contribution in [0.15, 0.2) is 47.1 Å². The predicted molar refractivity (Wildman–Crippen MR) is 91.2 cm³/mol. The van der Waals surface area contributed by atoms with Gasteiger partial charge in [0.1, 0.15) is 5.82 Å². The number of aromatic nitrogens is 3. The fourth-order valence-electron chi connectivity index (χ4n) is 2.74. The largest absolute Gasteiger partial charge is 0.419 e. The minimum Gasteiger partial charge on any atom is -0.419 e. The number of nitrogens with zero attached hydrogens (tertiary/aromatic N) is 4. The number of hydrogen-bond donors (Lipinski definition) is 0. The van der Waals surface area contributed by atoms with Gasteiger partial charge in [-0.15, -0.1) is 10.2 Å². The maximum absolute atomic E-state index is 14.1. The van der Waals surface area contributed by atoms with Gasteiger partial charge in [-0.05, 0) is 37.1 Å². The number of benzene rings is 1. The second-order valence-electron chi connectivity index (χ2n) is 6.08. The van der Waals surface area contributed by atoms with Crippen molar-refractivity contribution in [1.29, 1.82) is 0 Å². The monoisotopic (exact) mass is 358 g/mol. The minimum absolute atomic E-state index is 0.292. The van der Waals surface area contributed by atoms with Crippen molar-refractivity contribution in [1.82, 2.24) is 20.1 Å². The van der Waals surface area contributed by atoms with Gasteiger partial charge >= 0.3 is 0 Å².